The molecule has 0 bridgehead atoms. The smallest absolute Gasteiger partial charge is 0.151 e. The highest BCUT2D eigenvalue weighted by Gasteiger charge is 2.07. The predicted molar refractivity (Wildman–Crippen MR) is 81.0 cm³/mol. The third-order valence-corrected chi connectivity index (χ3v) is 3.30. The Hall–Kier alpha value is -1.23. The molecule has 0 amide bonds. The van der Waals surface area contributed by atoms with Crippen LogP contribution in [-0.2, 0) is 0 Å². The lowest BCUT2D eigenvalue weighted by Crippen LogP contribution is -2.02. The summed E-state index contributed by atoms with van der Waals surface area (Å²) < 4.78 is 0. The lowest BCUT2D eigenvalue weighted by atomic mass is 10.3. The number of nitrogens with one attached hydrogen (secondary N) is 2. The molecule has 2 aromatic rings. The number of hydrogen-bond acceptors (Lipinski definition) is 4. The van der Waals surface area contributed by atoms with Crippen molar-refractivity contribution in [3.63, 3.8) is 0 Å². The highest BCUT2D eigenvalue weighted by molar-refractivity contribution is 6.44. The number of halogens is 3. The molecule has 4 nitrogen and oxygen atoms in total. The fourth-order valence-electron chi connectivity index (χ4n) is 1.45. The van der Waals surface area contributed by atoms with Gasteiger partial charge >= 0.3 is 0 Å². The van der Waals surface area contributed by atoms with E-state index in [9.17, 15) is 0 Å². The van der Waals surface area contributed by atoms with Gasteiger partial charge in [-0.2, -0.15) is 0 Å². The summed E-state index contributed by atoms with van der Waals surface area (Å²) in [4.78, 5) is 8.41. The van der Waals surface area contributed by atoms with E-state index in [1.54, 1.807) is 24.5 Å². The largest absolute Gasteiger partial charge is 0.369 e. The Morgan fingerprint density at radius 3 is 2.42 bits per heavy atom. The van der Waals surface area contributed by atoms with Crippen LogP contribution in [0.3, 0.4) is 0 Å². The summed E-state index contributed by atoms with van der Waals surface area (Å²) in [5.41, 5.74) is 0.624. The second-order valence-electron chi connectivity index (χ2n) is 3.69. The topological polar surface area (TPSA) is 49.8 Å². The zero-order valence-corrected chi connectivity index (χ0v) is 12.3. The molecule has 0 fully saturated rings. The number of anilines is 3. The van der Waals surface area contributed by atoms with E-state index in [4.69, 9.17) is 34.8 Å². The van der Waals surface area contributed by atoms with Crippen LogP contribution in [0, 0.1) is 0 Å². The third-order valence-electron chi connectivity index (χ3n) is 2.27. The van der Waals surface area contributed by atoms with Crippen LogP contribution in [0.5, 0.6) is 0 Å². The first-order chi connectivity index (χ1) is 9.10. The van der Waals surface area contributed by atoms with Crippen LogP contribution < -0.4 is 10.6 Å². The van der Waals surface area contributed by atoms with Crippen molar-refractivity contribution >= 4 is 52.1 Å². The number of aromatic nitrogens is 2. The summed E-state index contributed by atoms with van der Waals surface area (Å²) in [5, 5.41) is 7.42. The number of nitrogens with zero attached hydrogens (tertiary/aromatic N) is 2. The molecule has 0 aliphatic carbocycles. The zero-order valence-electron chi connectivity index (χ0n) is 10.0. The van der Waals surface area contributed by atoms with Gasteiger partial charge in [-0.25, -0.2) is 4.98 Å². The molecule has 0 aliphatic heterocycles. The summed E-state index contributed by atoms with van der Waals surface area (Å²) in [6.45, 7) is 2.75. The van der Waals surface area contributed by atoms with E-state index in [1.165, 1.54) is 0 Å². The van der Waals surface area contributed by atoms with Crippen LogP contribution in [0.1, 0.15) is 6.92 Å². The van der Waals surface area contributed by atoms with Crippen molar-refractivity contribution in [2.75, 3.05) is 17.2 Å². The first-order valence-electron chi connectivity index (χ1n) is 5.57. The van der Waals surface area contributed by atoms with E-state index in [-0.39, 0.29) is 0 Å². The molecule has 0 radical (unpaired) electrons. The van der Waals surface area contributed by atoms with Gasteiger partial charge in [0.25, 0.3) is 0 Å². The van der Waals surface area contributed by atoms with Gasteiger partial charge in [-0.15, -0.1) is 0 Å². The average Bonchev–Trinajstić information content (AvgIpc) is 2.37. The van der Waals surface area contributed by atoms with Gasteiger partial charge in [-0.05, 0) is 19.1 Å². The molecule has 7 heteroatoms. The molecule has 2 N–H and O–H groups in total. The van der Waals surface area contributed by atoms with Crippen molar-refractivity contribution < 1.29 is 0 Å². The van der Waals surface area contributed by atoms with E-state index in [2.05, 4.69) is 20.6 Å². The molecule has 1 aromatic heterocycles. The molecule has 0 spiro atoms. The van der Waals surface area contributed by atoms with E-state index in [0.717, 1.165) is 6.54 Å². The molecule has 1 heterocycles. The standard InChI is InChI=1S/C12H11Cl3N4/c1-2-17-11-5-16-6-12(19-11)18-10-4-8(14)7(13)3-9(10)15/h3-6H,2H2,1H3,(H2,17,18,19). The SMILES string of the molecule is CCNc1cncc(Nc2cc(Cl)c(Cl)cc2Cl)n1. The third kappa shape index (κ3) is 3.62. The van der Waals surface area contributed by atoms with Gasteiger partial charge in [0.2, 0.25) is 0 Å². The molecule has 19 heavy (non-hydrogen) atoms. The first kappa shape index (κ1) is 14.2. The molecule has 0 unspecified atom stereocenters. The Labute approximate surface area is 126 Å². The Morgan fingerprint density at radius 2 is 1.68 bits per heavy atom. The van der Waals surface area contributed by atoms with Crippen LogP contribution in [0.15, 0.2) is 24.5 Å². The van der Waals surface area contributed by atoms with Gasteiger partial charge < -0.3 is 10.6 Å². The molecule has 0 saturated carbocycles. The van der Waals surface area contributed by atoms with Crippen molar-refractivity contribution in [2.45, 2.75) is 6.92 Å². The van der Waals surface area contributed by atoms with Gasteiger partial charge in [0, 0.05) is 6.54 Å². The summed E-state index contributed by atoms with van der Waals surface area (Å²) in [6, 6.07) is 3.23. The number of benzene rings is 1. The highest BCUT2D eigenvalue weighted by Crippen LogP contribution is 2.33. The lowest BCUT2D eigenvalue weighted by molar-refractivity contribution is 1.12. The van der Waals surface area contributed by atoms with Crippen molar-refractivity contribution in [1.82, 2.24) is 9.97 Å². The van der Waals surface area contributed by atoms with Gasteiger partial charge in [-0.1, -0.05) is 34.8 Å². The van der Waals surface area contributed by atoms with Gasteiger partial charge in [-0.3, -0.25) is 4.98 Å². The minimum absolute atomic E-state index is 0.407. The minimum atomic E-state index is 0.407. The fraction of sp³-hybridized carbons (Fsp3) is 0.167. The molecular weight excluding hydrogens is 307 g/mol. The van der Waals surface area contributed by atoms with Gasteiger partial charge in [0.15, 0.2) is 5.82 Å². The Bertz CT molecular complexity index is 589. The van der Waals surface area contributed by atoms with E-state index < -0.39 is 0 Å². The minimum Gasteiger partial charge on any atom is -0.369 e. The molecule has 100 valence electrons. The Kier molecular flexibility index (Phi) is 4.69. The van der Waals surface area contributed by atoms with Gasteiger partial charge in [0.1, 0.15) is 5.82 Å². The molecular formula is C12H11Cl3N4. The van der Waals surface area contributed by atoms with Crippen molar-refractivity contribution in [2.24, 2.45) is 0 Å². The second kappa shape index (κ2) is 6.28. The average molecular weight is 318 g/mol. The summed E-state index contributed by atoms with van der Waals surface area (Å²) in [6.07, 6.45) is 3.24. The Morgan fingerprint density at radius 1 is 1.00 bits per heavy atom. The molecule has 1 aromatic carbocycles. The van der Waals surface area contributed by atoms with Crippen molar-refractivity contribution in [3.05, 3.63) is 39.6 Å². The van der Waals surface area contributed by atoms with E-state index >= 15 is 0 Å². The van der Waals surface area contributed by atoms with E-state index in [1.807, 2.05) is 6.92 Å². The Balaban J connectivity index is 2.25. The fourth-order valence-corrected chi connectivity index (χ4v) is 2.04. The van der Waals surface area contributed by atoms with Crippen molar-refractivity contribution in [3.8, 4) is 0 Å². The van der Waals surface area contributed by atoms with Crippen LogP contribution in [0.2, 0.25) is 15.1 Å². The first-order valence-corrected chi connectivity index (χ1v) is 6.71. The van der Waals surface area contributed by atoms with Crippen LogP contribution in [-0.4, -0.2) is 16.5 Å². The normalized spacial score (nSPS) is 10.3. The summed E-state index contributed by atoms with van der Waals surface area (Å²) >= 11 is 17.9. The molecule has 0 aliphatic rings. The van der Waals surface area contributed by atoms with Gasteiger partial charge in [0.05, 0.1) is 33.1 Å². The monoisotopic (exact) mass is 316 g/mol. The quantitative estimate of drug-likeness (QED) is 0.808. The molecule has 2 rings (SSSR count). The number of rotatable bonds is 4. The second-order valence-corrected chi connectivity index (χ2v) is 4.91. The summed E-state index contributed by atoms with van der Waals surface area (Å²) in [5.74, 6) is 1.25. The highest BCUT2D eigenvalue weighted by atomic mass is 35.5. The maximum absolute atomic E-state index is 6.08. The zero-order chi connectivity index (χ0) is 13.8. The van der Waals surface area contributed by atoms with Crippen LogP contribution >= 0.6 is 34.8 Å². The predicted octanol–water partition coefficient (Wildman–Crippen LogP) is 4.61. The molecule has 0 atom stereocenters. The lowest BCUT2D eigenvalue weighted by Gasteiger charge is -2.10. The number of hydrogen-bond donors (Lipinski definition) is 2. The summed E-state index contributed by atoms with van der Waals surface area (Å²) in [7, 11) is 0. The molecule has 0 saturated heterocycles. The maximum atomic E-state index is 6.08. The van der Waals surface area contributed by atoms with Crippen LogP contribution in [0.25, 0.3) is 0 Å². The van der Waals surface area contributed by atoms with Crippen LogP contribution in [0.4, 0.5) is 17.3 Å². The van der Waals surface area contributed by atoms with Crippen molar-refractivity contribution in [1.29, 1.82) is 0 Å². The maximum Gasteiger partial charge on any atom is 0.151 e. The van der Waals surface area contributed by atoms with E-state index in [0.29, 0.717) is 32.4 Å².